The van der Waals surface area contributed by atoms with Gasteiger partial charge in [-0.25, -0.2) is 0 Å². The summed E-state index contributed by atoms with van der Waals surface area (Å²) in [4.78, 5) is 0. The Morgan fingerprint density at radius 1 is 1.33 bits per heavy atom. The van der Waals surface area contributed by atoms with Crippen molar-refractivity contribution in [3.63, 3.8) is 0 Å². The van der Waals surface area contributed by atoms with E-state index >= 15 is 0 Å². The zero-order chi connectivity index (χ0) is 15.5. The molecule has 0 radical (unpaired) electrons. The third-order valence-corrected chi connectivity index (χ3v) is 6.12. The topological polar surface area (TPSA) is 66.6 Å². The van der Waals surface area contributed by atoms with Gasteiger partial charge in [0.1, 0.15) is 0 Å². The van der Waals surface area contributed by atoms with Gasteiger partial charge in [0.25, 0.3) is 10.2 Å². The normalized spacial score (nSPS) is 24.4. The summed E-state index contributed by atoms with van der Waals surface area (Å²) >= 11 is 0. The average Bonchev–Trinajstić information content (AvgIpc) is 2.47. The van der Waals surface area contributed by atoms with Crippen molar-refractivity contribution in [1.82, 2.24) is 8.61 Å². The quantitative estimate of drug-likeness (QED) is 0.894. The predicted octanol–water partition coefficient (Wildman–Crippen LogP) is 1.42. The highest BCUT2D eigenvalue weighted by molar-refractivity contribution is 7.86. The lowest BCUT2D eigenvalue weighted by Gasteiger charge is -2.38. The molecule has 0 amide bonds. The van der Waals surface area contributed by atoms with Crippen molar-refractivity contribution >= 4 is 10.2 Å². The van der Waals surface area contributed by atoms with Crippen LogP contribution in [-0.2, 0) is 16.8 Å². The van der Waals surface area contributed by atoms with Crippen LogP contribution in [0, 0.1) is 5.92 Å². The second-order valence-electron chi connectivity index (χ2n) is 5.88. The highest BCUT2D eigenvalue weighted by Gasteiger charge is 2.36. The molecule has 1 aliphatic rings. The molecule has 1 heterocycles. The van der Waals surface area contributed by atoms with Crippen molar-refractivity contribution in [3.8, 4) is 0 Å². The van der Waals surface area contributed by atoms with Gasteiger partial charge >= 0.3 is 0 Å². The molecule has 2 rings (SSSR count). The largest absolute Gasteiger partial charge is 0.329 e. The molecule has 0 saturated carbocycles. The highest BCUT2D eigenvalue weighted by Crippen LogP contribution is 2.26. The minimum atomic E-state index is -3.46. The van der Waals surface area contributed by atoms with Gasteiger partial charge in [0.05, 0.1) is 0 Å². The van der Waals surface area contributed by atoms with Gasteiger partial charge in [-0.05, 0) is 24.3 Å². The molecule has 6 heteroatoms. The Morgan fingerprint density at radius 3 is 2.62 bits per heavy atom. The van der Waals surface area contributed by atoms with Crippen molar-refractivity contribution in [2.24, 2.45) is 11.7 Å². The fourth-order valence-corrected chi connectivity index (χ4v) is 4.40. The maximum absolute atomic E-state index is 12.8. The molecular formula is C15H25N3O2S. The first-order chi connectivity index (χ1) is 9.95. The van der Waals surface area contributed by atoms with Gasteiger partial charge < -0.3 is 5.73 Å². The molecule has 2 unspecified atom stereocenters. The van der Waals surface area contributed by atoms with Gasteiger partial charge in [-0.3, -0.25) is 0 Å². The molecule has 0 bridgehead atoms. The summed E-state index contributed by atoms with van der Waals surface area (Å²) in [6, 6.07) is 9.54. The van der Waals surface area contributed by atoms with E-state index in [0.29, 0.717) is 25.6 Å². The number of nitrogens with two attached hydrogens (primary N) is 1. The van der Waals surface area contributed by atoms with E-state index in [1.165, 1.54) is 4.31 Å². The molecule has 1 saturated heterocycles. The van der Waals surface area contributed by atoms with Crippen LogP contribution in [0.4, 0.5) is 0 Å². The number of piperidine rings is 1. The minimum Gasteiger partial charge on any atom is -0.329 e. The maximum atomic E-state index is 12.8. The summed E-state index contributed by atoms with van der Waals surface area (Å²) in [7, 11) is -1.83. The Balaban J connectivity index is 2.12. The summed E-state index contributed by atoms with van der Waals surface area (Å²) in [6.07, 6.45) is 1.74. The summed E-state index contributed by atoms with van der Waals surface area (Å²) in [6.45, 7) is 3.47. The Kier molecular flexibility index (Phi) is 5.37. The smallest absolute Gasteiger partial charge is 0.282 e. The van der Waals surface area contributed by atoms with E-state index in [2.05, 4.69) is 6.92 Å². The fraction of sp³-hybridized carbons (Fsp3) is 0.600. The molecule has 0 aliphatic carbocycles. The minimum absolute atomic E-state index is 0.0861. The van der Waals surface area contributed by atoms with Crippen molar-refractivity contribution in [1.29, 1.82) is 0 Å². The van der Waals surface area contributed by atoms with Crippen LogP contribution >= 0.6 is 0 Å². The van der Waals surface area contributed by atoms with Crippen LogP contribution in [0.1, 0.15) is 25.3 Å². The predicted molar refractivity (Wildman–Crippen MR) is 84.8 cm³/mol. The molecule has 0 aromatic heterocycles. The molecule has 1 aromatic rings. The maximum Gasteiger partial charge on any atom is 0.282 e. The van der Waals surface area contributed by atoms with Crippen LogP contribution in [0.5, 0.6) is 0 Å². The lowest BCUT2D eigenvalue weighted by molar-refractivity contribution is 0.199. The molecule has 1 aliphatic heterocycles. The van der Waals surface area contributed by atoms with E-state index < -0.39 is 10.2 Å². The first-order valence-electron chi connectivity index (χ1n) is 7.42. The van der Waals surface area contributed by atoms with Gasteiger partial charge in [0.2, 0.25) is 0 Å². The first-order valence-corrected chi connectivity index (χ1v) is 8.82. The monoisotopic (exact) mass is 311 g/mol. The van der Waals surface area contributed by atoms with Crippen LogP contribution in [0.3, 0.4) is 0 Å². The molecule has 0 spiro atoms. The van der Waals surface area contributed by atoms with Crippen LogP contribution < -0.4 is 5.73 Å². The third-order valence-electron chi connectivity index (χ3n) is 4.13. The lowest BCUT2D eigenvalue weighted by atomic mass is 9.94. The third kappa shape index (κ3) is 3.83. The Hall–Kier alpha value is -0.950. The van der Waals surface area contributed by atoms with Crippen molar-refractivity contribution < 1.29 is 8.42 Å². The number of hydrogen-bond acceptors (Lipinski definition) is 3. The summed E-state index contributed by atoms with van der Waals surface area (Å²) < 4.78 is 28.5. The molecule has 2 N–H and O–H groups in total. The highest BCUT2D eigenvalue weighted by atomic mass is 32.2. The second-order valence-corrected chi connectivity index (χ2v) is 7.87. The van der Waals surface area contributed by atoms with Gasteiger partial charge in [-0.1, -0.05) is 37.3 Å². The Bertz CT molecular complexity index is 547. The molecule has 21 heavy (non-hydrogen) atoms. The SMILES string of the molecule is CC1CCN(S(=O)(=O)N(C)Cc2ccccc2)C(CN)C1. The standard InChI is InChI=1S/C15H25N3O2S/c1-13-8-9-18(15(10-13)11-16)21(19,20)17(2)12-14-6-4-3-5-7-14/h3-7,13,15H,8-12,16H2,1-2H3. The molecule has 2 atom stereocenters. The van der Waals surface area contributed by atoms with E-state index in [9.17, 15) is 8.42 Å². The van der Waals surface area contributed by atoms with Gasteiger partial charge in [-0.15, -0.1) is 0 Å². The second kappa shape index (κ2) is 6.87. The lowest BCUT2D eigenvalue weighted by Crippen LogP contribution is -2.53. The summed E-state index contributed by atoms with van der Waals surface area (Å²) in [5.74, 6) is 0.532. The number of benzene rings is 1. The number of rotatable bonds is 5. The van der Waals surface area contributed by atoms with Crippen molar-refractivity contribution in [2.45, 2.75) is 32.4 Å². The van der Waals surface area contributed by atoms with Gasteiger partial charge in [0, 0.05) is 32.7 Å². The molecule has 1 fully saturated rings. The zero-order valence-electron chi connectivity index (χ0n) is 12.8. The van der Waals surface area contributed by atoms with Crippen LogP contribution in [-0.4, -0.2) is 43.2 Å². The van der Waals surface area contributed by atoms with Gasteiger partial charge in [-0.2, -0.15) is 17.0 Å². The fourth-order valence-electron chi connectivity index (χ4n) is 2.85. The van der Waals surface area contributed by atoms with Crippen molar-refractivity contribution in [3.05, 3.63) is 35.9 Å². The Morgan fingerprint density at radius 2 is 2.00 bits per heavy atom. The van der Waals surface area contributed by atoms with E-state index in [1.54, 1.807) is 11.4 Å². The molecular weight excluding hydrogens is 286 g/mol. The summed E-state index contributed by atoms with van der Waals surface area (Å²) in [5, 5.41) is 0. The van der Waals surface area contributed by atoms with E-state index in [0.717, 1.165) is 18.4 Å². The number of nitrogens with zero attached hydrogens (tertiary/aromatic N) is 2. The van der Waals surface area contributed by atoms with E-state index in [-0.39, 0.29) is 6.04 Å². The molecule has 118 valence electrons. The first kappa shape index (κ1) is 16.4. The van der Waals surface area contributed by atoms with Crippen molar-refractivity contribution in [2.75, 3.05) is 20.1 Å². The zero-order valence-corrected chi connectivity index (χ0v) is 13.6. The number of hydrogen-bond donors (Lipinski definition) is 1. The summed E-state index contributed by atoms with van der Waals surface area (Å²) in [5.41, 5.74) is 6.77. The van der Waals surface area contributed by atoms with E-state index in [1.807, 2.05) is 30.3 Å². The Labute approximate surface area is 127 Å². The van der Waals surface area contributed by atoms with Gasteiger partial charge in [0.15, 0.2) is 0 Å². The van der Waals surface area contributed by atoms with Crippen LogP contribution in [0.2, 0.25) is 0 Å². The van der Waals surface area contributed by atoms with E-state index in [4.69, 9.17) is 5.73 Å². The average molecular weight is 311 g/mol. The molecule has 5 nitrogen and oxygen atoms in total. The van der Waals surface area contributed by atoms with Crippen LogP contribution in [0.15, 0.2) is 30.3 Å². The van der Waals surface area contributed by atoms with Crippen LogP contribution in [0.25, 0.3) is 0 Å². The molecule has 1 aromatic carbocycles.